The highest BCUT2D eigenvalue weighted by molar-refractivity contribution is 5.94. The molecule has 6 heteroatoms. The second kappa shape index (κ2) is 8.03. The molecule has 0 unspecified atom stereocenters. The van der Waals surface area contributed by atoms with Crippen molar-refractivity contribution in [1.29, 1.82) is 0 Å². The molecule has 0 atom stereocenters. The highest BCUT2D eigenvalue weighted by Gasteiger charge is 2.17. The lowest BCUT2D eigenvalue weighted by Crippen LogP contribution is -2.26. The molecule has 0 aliphatic carbocycles. The molecular formula is C21H23N3O3. The first kappa shape index (κ1) is 18.6. The number of aromatic nitrogens is 2. The number of rotatable bonds is 6. The topological polar surface area (TPSA) is 68.5 Å². The fourth-order valence-electron chi connectivity index (χ4n) is 2.97. The molecule has 0 fully saturated rings. The van der Waals surface area contributed by atoms with E-state index in [9.17, 15) is 4.79 Å². The van der Waals surface area contributed by atoms with E-state index in [0.717, 1.165) is 33.9 Å². The lowest BCUT2D eigenvalue weighted by molar-refractivity contribution is 0.0782. The van der Waals surface area contributed by atoms with Crippen LogP contribution in [-0.4, -0.2) is 28.0 Å². The quantitative estimate of drug-likeness (QED) is 0.664. The van der Waals surface area contributed by atoms with Crippen molar-refractivity contribution in [2.45, 2.75) is 33.9 Å². The van der Waals surface area contributed by atoms with Crippen molar-refractivity contribution in [3.63, 3.8) is 0 Å². The van der Waals surface area contributed by atoms with Gasteiger partial charge >= 0.3 is 0 Å². The molecule has 3 aromatic rings. The fourth-order valence-corrected chi connectivity index (χ4v) is 2.97. The van der Waals surface area contributed by atoms with Crippen molar-refractivity contribution in [3.05, 3.63) is 76.4 Å². The smallest absolute Gasteiger partial charge is 0.253 e. The predicted molar refractivity (Wildman–Crippen MR) is 102 cm³/mol. The SMILES string of the molecule is Cc1cc(CN(C)C(=O)c2cc(C)c(OCc3cccnc3)c(C)c2)no1. The maximum Gasteiger partial charge on any atom is 0.253 e. The van der Waals surface area contributed by atoms with Crippen LogP contribution in [-0.2, 0) is 13.2 Å². The van der Waals surface area contributed by atoms with E-state index in [1.807, 2.05) is 51.1 Å². The molecule has 27 heavy (non-hydrogen) atoms. The lowest BCUT2D eigenvalue weighted by Gasteiger charge is -2.18. The fraction of sp³-hybridized carbons (Fsp3) is 0.286. The van der Waals surface area contributed by atoms with Crippen LogP contribution in [0.3, 0.4) is 0 Å². The molecule has 0 radical (unpaired) electrons. The van der Waals surface area contributed by atoms with Gasteiger partial charge in [0.15, 0.2) is 0 Å². The number of nitrogens with zero attached hydrogens (tertiary/aromatic N) is 3. The summed E-state index contributed by atoms with van der Waals surface area (Å²) in [5.74, 6) is 1.46. The van der Waals surface area contributed by atoms with Gasteiger partial charge < -0.3 is 14.2 Å². The number of amides is 1. The largest absolute Gasteiger partial charge is 0.488 e. The Morgan fingerprint density at radius 3 is 2.52 bits per heavy atom. The summed E-state index contributed by atoms with van der Waals surface area (Å²) in [5.41, 5.74) is 4.20. The van der Waals surface area contributed by atoms with Crippen LogP contribution in [0.5, 0.6) is 5.75 Å². The van der Waals surface area contributed by atoms with Gasteiger partial charge in [0.25, 0.3) is 5.91 Å². The standard InChI is InChI=1S/C21H23N3O3/c1-14-8-18(21(25)24(4)12-19-10-16(3)27-23-19)9-15(2)20(14)26-13-17-6-5-7-22-11-17/h5-11H,12-13H2,1-4H3. The van der Waals surface area contributed by atoms with E-state index < -0.39 is 0 Å². The number of pyridine rings is 1. The zero-order chi connectivity index (χ0) is 19.4. The van der Waals surface area contributed by atoms with E-state index in [-0.39, 0.29) is 5.91 Å². The van der Waals surface area contributed by atoms with Gasteiger partial charge in [-0.1, -0.05) is 11.2 Å². The summed E-state index contributed by atoms with van der Waals surface area (Å²) in [6.45, 7) is 6.56. The lowest BCUT2D eigenvalue weighted by atomic mass is 10.0. The number of benzene rings is 1. The Hall–Kier alpha value is -3.15. The first-order chi connectivity index (χ1) is 12.9. The number of ether oxygens (including phenoxy) is 1. The van der Waals surface area contributed by atoms with Crippen LogP contribution < -0.4 is 4.74 Å². The van der Waals surface area contributed by atoms with Crippen molar-refractivity contribution >= 4 is 5.91 Å². The molecule has 0 spiro atoms. The maximum atomic E-state index is 12.8. The third-order valence-corrected chi connectivity index (χ3v) is 4.24. The van der Waals surface area contributed by atoms with E-state index in [1.54, 1.807) is 24.3 Å². The van der Waals surface area contributed by atoms with Crippen LogP contribution in [0, 0.1) is 20.8 Å². The highest BCUT2D eigenvalue weighted by atomic mass is 16.5. The Morgan fingerprint density at radius 2 is 1.93 bits per heavy atom. The molecule has 0 aliphatic heterocycles. The van der Waals surface area contributed by atoms with Gasteiger partial charge in [-0.25, -0.2) is 0 Å². The second-order valence-corrected chi connectivity index (χ2v) is 6.68. The number of carbonyl (C=O) groups is 1. The normalized spacial score (nSPS) is 10.7. The number of aryl methyl sites for hydroxylation is 3. The number of hydrogen-bond acceptors (Lipinski definition) is 5. The van der Waals surface area contributed by atoms with Crippen LogP contribution >= 0.6 is 0 Å². The van der Waals surface area contributed by atoms with E-state index in [0.29, 0.717) is 18.7 Å². The minimum Gasteiger partial charge on any atom is -0.488 e. The molecule has 0 N–H and O–H groups in total. The van der Waals surface area contributed by atoms with Crippen molar-refractivity contribution in [3.8, 4) is 5.75 Å². The summed E-state index contributed by atoms with van der Waals surface area (Å²) < 4.78 is 11.0. The van der Waals surface area contributed by atoms with Gasteiger partial charge in [-0.2, -0.15) is 0 Å². The minimum absolute atomic E-state index is 0.0688. The van der Waals surface area contributed by atoms with Crippen LogP contribution in [0.4, 0.5) is 0 Å². The van der Waals surface area contributed by atoms with Gasteiger partial charge in [-0.15, -0.1) is 0 Å². The Bertz CT molecular complexity index is 912. The number of carbonyl (C=O) groups excluding carboxylic acids is 1. The van der Waals surface area contributed by atoms with Crippen LogP contribution in [0.1, 0.15) is 38.5 Å². The molecule has 1 amide bonds. The monoisotopic (exact) mass is 365 g/mol. The highest BCUT2D eigenvalue weighted by Crippen LogP contribution is 2.26. The molecular weight excluding hydrogens is 342 g/mol. The number of hydrogen-bond donors (Lipinski definition) is 0. The maximum absolute atomic E-state index is 12.8. The molecule has 1 aromatic carbocycles. The van der Waals surface area contributed by atoms with Gasteiger partial charge in [-0.05, 0) is 50.1 Å². The average Bonchev–Trinajstić information content (AvgIpc) is 3.05. The van der Waals surface area contributed by atoms with Gasteiger partial charge in [-0.3, -0.25) is 9.78 Å². The van der Waals surface area contributed by atoms with Crippen LogP contribution in [0.25, 0.3) is 0 Å². The van der Waals surface area contributed by atoms with Gasteiger partial charge in [0.2, 0.25) is 0 Å². The molecule has 2 heterocycles. The van der Waals surface area contributed by atoms with Crippen molar-refractivity contribution in [2.75, 3.05) is 7.05 Å². The summed E-state index contributed by atoms with van der Waals surface area (Å²) >= 11 is 0. The van der Waals surface area contributed by atoms with E-state index in [4.69, 9.17) is 9.26 Å². The van der Waals surface area contributed by atoms with Gasteiger partial charge in [0, 0.05) is 36.6 Å². The molecule has 0 aliphatic rings. The summed E-state index contributed by atoms with van der Waals surface area (Å²) in [6, 6.07) is 9.40. The van der Waals surface area contributed by atoms with Crippen LogP contribution in [0.2, 0.25) is 0 Å². The molecule has 3 rings (SSSR count). The van der Waals surface area contributed by atoms with E-state index >= 15 is 0 Å². The van der Waals surface area contributed by atoms with Gasteiger partial charge in [0.05, 0.1) is 6.54 Å². The molecule has 0 saturated carbocycles. The summed E-state index contributed by atoms with van der Waals surface area (Å²) in [5, 5.41) is 3.94. The predicted octanol–water partition coefficient (Wildman–Crippen LogP) is 3.85. The zero-order valence-electron chi connectivity index (χ0n) is 16.0. The Morgan fingerprint density at radius 1 is 1.19 bits per heavy atom. The average molecular weight is 365 g/mol. The molecule has 140 valence electrons. The molecule has 0 bridgehead atoms. The van der Waals surface area contributed by atoms with Gasteiger partial charge in [0.1, 0.15) is 23.8 Å². The van der Waals surface area contributed by atoms with Crippen LogP contribution in [0.15, 0.2) is 47.2 Å². The first-order valence-electron chi connectivity index (χ1n) is 8.74. The zero-order valence-corrected chi connectivity index (χ0v) is 16.0. The van der Waals surface area contributed by atoms with Crippen molar-refractivity contribution < 1.29 is 14.1 Å². The van der Waals surface area contributed by atoms with E-state index in [1.165, 1.54) is 0 Å². The third kappa shape index (κ3) is 4.53. The minimum atomic E-state index is -0.0688. The van der Waals surface area contributed by atoms with Crippen molar-refractivity contribution in [2.24, 2.45) is 0 Å². The Balaban J connectivity index is 1.72. The summed E-state index contributed by atoms with van der Waals surface area (Å²) in [6.07, 6.45) is 3.51. The molecule has 2 aromatic heterocycles. The second-order valence-electron chi connectivity index (χ2n) is 6.68. The van der Waals surface area contributed by atoms with Crippen molar-refractivity contribution in [1.82, 2.24) is 15.0 Å². The van der Waals surface area contributed by atoms with E-state index in [2.05, 4.69) is 10.1 Å². The first-order valence-corrected chi connectivity index (χ1v) is 8.74. The summed E-state index contributed by atoms with van der Waals surface area (Å²) in [7, 11) is 1.75. The summed E-state index contributed by atoms with van der Waals surface area (Å²) in [4.78, 5) is 18.5. The molecule has 0 saturated heterocycles. The third-order valence-electron chi connectivity index (χ3n) is 4.24. The Labute approximate surface area is 158 Å². The molecule has 6 nitrogen and oxygen atoms in total. The Kier molecular flexibility index (Phi) is 5.54.